The van der Waals surface area contributed by atoms with E-state index in [1.165, 1.54) is 7.11 Å². The van der Waals surface area contributed by atoms with Gasteiger partial charge in [-0.1, -0.05) is 12.1 Å². The van der Waals surface area contributed by atoms with Crippen LogP contribution in [0.4, 0.5) is 4.79 Å². The highest BCUT2D eigenvalue weighted by atomic mass is 16.6. The molecule has 1 N–H and O–H groups in total. The maximum absolute atomic E-state index is 11.9. The van der Waals surface area contributed by atoms with Gasteiger partial charge in [-0.2, -0.15) is 0 Å². The zero-order valence-corrected chi connectivity index (χ0v) is 14.6. The Morgan fingerprint density at radius 2 is 1.87 bits per heavy atom. The Kier molecular flexibility index (Phi) is 6.42. The fraction of sp³-hybridized carbons (Fsp3) is 0.529. The van der Waals surface area contributed by atoms with Gasteiger partial charge in [-0.05, 0) is 44.9 Å². The van der Waals surface area contributed by atoms with E-state index in [0.717, 1.165) is 16.9 Å². The Balaban J connectivity index is 2.85. The number of carbonyl (C=O) groups excluding carboxylic acids is 2. The van der Waals surface area contributed by atoms with Crippen LogP contribution >= 0.6 is 0 Å². The minimum absolute atomic E-state index is 0.302. The van der Waals surface area contributed by atoms with Gasteiger partial charge in [0.2, 0.25) is 0 Å². The molecule has 1 rings (SSSR count). The van der Waals surface area contributed by atoms with Gasteiger partial charge >= 0.3 is 12.1 Å². The lowest BCUT2D eigenvalue weighted by Crippen LogP contribution is -2.45. The molecule has 0 aromatic heterocycles. The summed E-state index contributed by atoms with van der Waals surface area (Å²) < 4.78 is 15.2. The van der Waals surface area contributed by atoms with E-state index in [0.29, 0.717) is 6.42 Å². The summed E-state index contributed by atoms with van der Waals surface area (Å²) in [5.41, 5.74) is 1.20. The van der Waals surface area contributed by atoms with E-state index in [1.54, 1.807) is 27.9 Å². The number of carbonyl (C=O) groups is 2. The van der Waals surface area contributed by atoms with Crippen molar-refractivity contribution in [2.75, 3.05) is 14.2 Å². The lowest BCUT2D eigenvalue weighted by molar-refractivity contribution is -0.143. The predicted molar refractivity (Wildman–Crippen MR) is 86.6 cm³/mol. The molecule has 0 aliphatic rings. The Morgan fingerprint density at radius 3 is 2.35 bits per heavy atom. The number of methoxy groups -OCH3 is 2. The monoisotopic (exact) mass is 323 g/mol. The van der Waals surface area contributed by atoms with Crippen molar-refractivity contribution in [3.05, 3.63) is 29.3 Å². The average Bonchev–Trinajstić information content (AvgIpc) is 2.44. The molecule has 6 nitrogen and oxygen atoms in total. The molecule has 1 aromatic carbocycles. The van der Waals surface area contributed by atoms with Gasteiger partial charge in [-0.15, -0.1) is 0 Å². The molecule has 0 heterocycles. The molecule has 0 aliphatic carbocycles. The molecule has 0 bridgehead atoms. The molecule has 0 saturated carbocycles. The van der Waals surface area contributed by atoms with E-state index in [-0.39, 0.29) is 0 Å². The van der Waals surface area contributed by atoms with Gasteiger partial charge < -0.3 is 19.5 Å². The Morgan fingerprint density at radius 1 is 1.22 bits per heavy atom. The number of aryl methyl sites for hydroxylation is 1. The van der Waals surface area contributed by atoms with Crippen molar-refractivity contribution in [3.8, 4) is 5.75 Å². The largest absolute Gasteiger partial charge is 0.496 e. The lowest BCUT2D eigenvalue weighted by Gasteiger charge is -2.22. The number of esters is 1. The molecule has 0 aliphatic heterocycles. The smallest absolute Gasteiger partial charge is 0.408 e. The fourth-order valence-corrected chi connectivity index (χ4v) is 2.09. The molecule has 1 aromatic rings. The normalized spacial score (nSPS) is 12.3. The summed E-state index contributed by atoms with van der Waals surface area (Å²) >= 11 is 0. The SMILES string of the molecule is COC(=O)C(Cc1ccc(OC)c(C)c1)NC(=O)OC(C)(C)C. The quantitative estimate of drug-likeness (QED) is 0.843. The number of benzene rings is 1. The molecule has 1 unspecified atom stereocenters. The van der Waals surface area contributed by atoms with Gasteiger partial charge in [0.1, 0.15) is 17.4 Å². The summed E-state index contributed by atoms with van der Waals surface area (Å²) in [6, 6.07) is 4.76. The van der Waals surface area contributed by atoms with Crippen molar-refractivity contribution >= 4 is 12.1 Å². The molecule has 0 fully saturated rings. The van der Waals surface area contributed by atoms with E-state index < -0.39 is 23.7 Å². The number of ether oxygens (including phenoxy) is 3. The number of rotatable bonds is 5. The maximum Gasteiger partial charge on any atom is 0.408 e. The van der Waals surface area contributed by atoms with E-state index in [9.17, 15) is 9.59 Å². The number of nitrogens with one attached hydrogen (secondary N) is 1. The highest BCUT2D eigenvalue weighted by Crippen LogP contribution is 2.19. The van der Waals surface area contributed by atoms with Crippen LogP contribution < -0.4 is 10.1 Å². The molecular weight excluding hydrogens is 298 g/mol. The first-order valence-corrected chi connectivity index (χ1v) is 7.37. The Hall–Kier alpha value is -2.24. The minimum Gasteiger partial charge on any atom is -0.496 e. The topological polar surface area (TPSA) is 73.9 Å². The predicted octanol–water partition coefficient (Wildman–Crippen LogP) is 2.61. The maximum atomic E-state index is 11.9. The highest BCUT2D eigenvalue weighted by Gasteiger charge is 2.25. The van der Waals surface area contributed by atoms with Gasteiger partial charge in [0.05, 0.1) is 14.2 Å². The zero-order valence-electron chi connectivity index (χ0n) is 14.6. The zero-order chi connectivity index (χ0) is 17.6. The van der Waals surface area contributed by atoms with Crippen LogP contribution in [0.1, 0.15) is 31.9 Å². The minimum atomic E-state index is -0.817. The summed E-state index contributed by atoms with van der Waals surface area (Å²) in [4.78, 5) is 23.8. The molecule has 6 heteroatoms. The van der Waals surface area contributed by atoms with Crippen LogP contribution in [0.3, 0.4) is 0 Å². The Bertz CT molecular complexity index is 563. The van der Waals surface area contributed by atoms with Gasteiger partial charge in [0, 0.05) is 6.42 Å². The van der Waals surface area contributed by atoms with Crippen molar-refractivity contribution in [2.24, 2.45) is 0 Å². The highest BCUT2D eigenvalue weighted by molar-refractivity contribution is 5.81. The molecule has 0 saturated heterocycles. The summed E-state index contributed by atoms with van der Waals surface area (Å²) in [5.74, 6) is 0.243. The molecular formula is C17H25NO5. The number of hydrogen-bond acceptors (Lipinski definition) is 5. The first-order valence-electron chi connectivity index (χ1n) is 7.37. The van der Waals surface area contributed by atoms with Crippen LogP contribution in [-0.4, -0.2) is 37.9 Å². The summed E-state index contributed by atoms with van der Waals surface area (Å²) in [7, 11) is 2.88. The summed E-state index contributed by atoms with van der Waals surface area (Å²) in [5, 5.41) is 2.55. The van der Waals surface area contributed by atoms with Crippen LogP contribution in [0.5, 0.6) is 5.75 Å². The van der Waals surface area contributed by atoms with Gasteiger partial charge in [0.15, 0.2) is 0 Å². The molecule has 0 spiro atoms. The van der Waals surface area contributed by atoms with Crippen LogP contribution in [0.15, 0.2) is 18.2 Å². The third kappa shape index (κ3) is 6.18. The van der Waals surface area contributed by atoms with E-state index in [4.69, 9.17) is 14.2 Å². The van der Waals surface area contributed by atoms with Gasteiger partial charge in [0.25, 0.3) is 0 Å². The van der Waals surface area contributed by atoms with E-state index >= 15 is 0 Å². The van der Waals surface area contributed by atoms with Crippen molar-refractivity contribution in [1.82, 2.24) is 5.32 Å². The van der Waals surface area contributed by atoms with Crippen LogP contribution in [-0.2, 0) is 20.7 Å². The second kappa shape index (κ2) is 7.85. The third-order valence-corrected chi connectivity index (χ3v) is 3.08. The molecule has 128 valence electrons. The first kappa shape index (κ1) is 18.8. The average molecular weight is 323 g/mol. The Labute approximate surface area is 137 Å². The molecule has 1 atom stereocenters. The number of amides is 1. The summed E-state index contributed by atoms with van der Waals surface area (Å²) in [6.45, 7) is 7.18. The lowest BCUT2D eigenvalue weighted by atomic mass is 10.0. The second-order valence-corrected chi connectivity index (χ2v) is 6.23. The third-order valence-electron chi connectivity index (χ3n) is 3.08. The number of hydrogen-bond donors (Lipinski definition) is 1. The van der Waals surface area contributed by atoms with Crippen LogP contribution in [0.25, 0.3) is 0 Å². The van der Waals surface area contributed by atoms with Crippen molar-refractivity contribution in [2.45, 2.75) is 45.8 Å². The van der Waals surface area contributed by atoms with Gasteiger partial charge in [-0.25, -0.2) is 9.59 Å². The second-order valence-electron chi connectivity index (χ2n) is 6.23. The standard InChI is InChI=1S/C17H25NO5/c1-11-9-12(7-8-14(11)21-5)10-13(15(19)22-6)18-16(20)23-17(2,3)4/h7-9,13H,10H2,1-6H3,(H,18,20). The van der Waals surface area contributed by atoms with E-state index in [2.05, 4.69) is 5.32 Å². The van der Waals surface area contributed by atoms with Crippen LogP contribution in [0, 0.1) is 6.92 Å². The van der Waals surface area contributed by atoms with Crippen LogP contribution in [0.2, 0.25) is 0 Å². The molecule has 0 radical (unpaired) electrons. The molecule has 1 amide bonds. The van der Waals surface area contributed by atoms with Gasteiger partial charge in [-0.3, -0.25) is 0 Å². The van der Waals surface area contributed by atoms with Crippen molar-refractivity contribution in [3.63, 3.8) is 0 Å². The van der Waals surface area contributed by atoms with E-state index in [1.807, 2.05) is 25.1 Å². The summed E-state index contributed by atoms with van der Waals surface area (Å²) in [6.07, 6.45) is -0.352. The molecule has 23 heavy (non-hydrogen) atoms. The van der Waals surface area contributed by atoms with Crippen molar-refractivity contribution in [1.29, 1.82) is 0 Å². The van der Waals surface area contributed by atoms with Crippen molar-refractivity contribution < 1.29 is 23.8 Å². The first-order chi connectivity index (χ1) is 10.7. The fourth-order valence-electron chi connectivity index (χ4n) is 2.09. The number of alkyl carbamates (subject to hydrolysis) is 1.